The maximum Gasteiger partial charge on any atom is 0.150 e. The summed E-state index contributed by atoms with van der Waals surface area (Å²) in [5.74, 6) is 3.10. The van der Waals surface area contributed by atoms with Gasteiger partial charge in [-0.3, -0.25) is 4.40 Å². The SMILES string of the molecule is Nc1nccn2c(CC3CCCC3)nc(-c3cccc(OCc4ccccc4)c3)c12. The van der Waals surface area contributed by atoms with Crippen molar-refractivity contribution >= 4 is 11.3 Å². The molecule has 0 radical (unpaired) electrons. The largest absolute Gasteiger partial charge is 0.489 e. The van der Waals surface area contributed by atoms with Crippen LogP contribution in [0.15, 0.2) is 67.0 Å². The second kappa shape index (κ2) is 8.19. The van der Waals surface area contributed by atoms with E-state index in [1.54, 1.807) is 6.20 Å². The molecule has 5 heteroatoms. The van der Waals surface area contributed by atoms with Crippen LogP contribution in [0.5, 0.6) is 5.75 Å². The van der Waals surface area contributed by atoms with Crippen molar-refractivity contribution in [2.45, 2.75) is 38.7 Å². The minimum atomic E-state index is 0.508. The Bertz CT molecular complexity index is 1150. The fourth-order valence-electron chi connectivity index (χ4n) is 4.42. The van der Waals surface area contributed by atoms with Crippen molar-refractivity contribution in [3.05, 3.63) is 78.4 Å². The van der Waals surface area contributed by atoms with Crippen LogP contribution in [0.25, 0.3) is 16.8 Å². The van der Waals surface area contributed by atoms with Crippen molar-refractivity contribution in [3.63, 3.8) is 0 Å². The molecular formula is C25H26N4O. The third-order valence-corrected chi connectivity index (χ3v) is 5.96. The van der Waals surface area contributed by atoms with Gasteiger partial charge in [0, 0.05) is 24.4 Å². The lowest BCUT2D eigenvalue weighted by atomic mass is 10.0. The Morgan fingerprint density at radius 3 is 2.70 bits per heavy atom. The number of nitrogen functional groups attached to an aromatic ring is 1. The average Bonchev–Trinajstić information content (AvgIpc) is 3.43. The summed E-state index contributed by atoms with van der Waals surface area (Å²) in [4.78, 5) is 9.35. The lowest BCUT2D eigenvalue weighted by Gasteiger charge is -2.08. The van der Waals surface area contributed by atoms with Gasteiger partial charge in [0.15, 0.2) is 0 Å². The zero-order chi connectivity index (χ0) is 20.3. The standard InChI is InChI=1S/C25H26N4O/c26-25-24-23(28-22(29(24)14-13-27-25)15-18-7-4-5-8-18)20-11-6-12-21(16-20)30-17-19-9-2-1-3-10-19/h1-3,6,9-14,16,18H,4-5,7-8,15,17H2,(H2,26,27). The highest BCUT2D eigenvalue weighted by atomic mass is 16.5. The van der Waals surface area contributed by atoms with Crippen LogP contribution >= 0.6 is 0 Å². The Kier molecular flexibility index (Phi) is 5.10. The molecule has 0 unspecified atom stereocenters. The highest BCUT2D eigenvalue weighted by molar-refractivity contribution is 5.85. The maximum absolute atomic E-state index is 6.29. The number of hydrogen-bond acceptors (Lipinski definition) is 4. The van der Waals surface area contributed by atoms with Crippen molar-refractivity contribution < 1.29 is 4.74 Å². The number of nitrogens with zero attached hydrogens (tertiary/aromatic N) is 3. The first-order valence-electron chi connectivity index (χ1n) is 10.7. The Morgan fingerprint density at radius 1 is 1.03 bits per heavy atom. The van der Waals surface area contributed by atoms with Gasteiger partial charge in [-0.25, -0.2) is 9.97 Å². The predicted octanol–water partition coefficient (Wildman–Crippen LogP) is 5.29. The van der Waals surface area contributed by atoms with Crippen LogP contribution in [-0.4, -0.2) is 14.4 Å². The Hall–Kier alpha value is -3.34. The molecule has 2 aromatic carbocycles. The van der Waals surface area contributed by atoms with Crippen LogP contribution in [0.1, 0.15) is 37.1 Å². The predicted molar refractivity (Wildman–Crippen MR) is 119 cm³/mol. The number of fused-ring (bicyclic) bond motifs is 1. The van der Waals surface area contributed by atoms with Crippen molar-refractivity contribution in [3.8, 4) is 17.0 Å². The van der Waals surface area contributed by atoms with Crippen LogP contribution in [-0.2, 0) is 13.0 Å². The van der Waals surface area contributed by atoms with Gasteiger partial charge in [0.1, 0.15) is 35.2 Å². The molecule has 2 heterocycles. The van der Waals surface area contributed by atoms with Crippen molar-refractivity contribution in [1.82, 2.24) is 14.4 Å². The summed E-state index contributed by atoms with van der Waals surface area (Å²) >= 11 is 0. The first kappa shape index (κ1) is 18.7. The van der Waals surface area contributed by atoms with E-state index in [1.807, 2.05) is 42.6 Å². The first-order valence-corrected chi connectivity index (χ1v) is 10.7. The zero-order valence-corrected chi connectivity index (χ0v) is 17.0. The Balaban J connectivity index is 1.48. The van der Waals surface area contributed by atoms with E-state index in [2.05, 4.69) is 27.6 Å². The summed E-state index contributed by atoms with van der Waals surface area (Å²) in [7, 11) is 0. The van der Waals surface area contributed by atoms with Crippen LogP contribution in [0, 0.1) is 5.92 Å². The van der Waals surface area contributed by atoms with Gasteiger partial charge >= 0.3 is 0 Å². The van der Waals surface area contributed by atoms with Gasteiger partial charge in [-0.2, -0.15) is 0 Å². The molecule has 0 aliphatic heterocycles. The number of imidazole rings is 1. The van der Waals surface area contributed by atoms with E-state index in [-0.39, 0.29) is 0 Å². The Labute approximate surface area is 176 Å². The van der Waals surface area contributed by atoms with E-state index >= 15 is 0 Å². The third-order valence-electron chi connectivity index (χ3n) is 5.96. The summed E-state index contributed by atoms with van der Waals surface area (Å²) < 4.78 is 8.15. The number of anilines is 1. The van der Waals surface area contributed by atoms with E-state index in [4.69, 9.17) is 15.5 Å². The lowest BCUT2D eigenvalue weighted by molar-refractivity contribution is 0.306. The minimum absolute atomic E-state index is 0.508. The summed E-state index contributed by atoms with van der Waals surface area (Å²) in [6.45, 7) is 0.533. The molecule has 0 saturated heterocycles. The highest BCUT2D eigenvalue weighted by Gasteiger charge is 2.21. The van der Waals surface area contributed by atoms with E-state index in [0.29, 0.717) is 18.3 Å². The number of benzene rings is 2. The lowest BCUT2D eigenvalue weighted by Crippen LogP contribution is -2.04. The van der Waals surface area contributed by atoms with Crippen LogP contribution in [0.4, 0.5) is 5.82 Å². The van der Waals surface area contributed by atoms with Crippen molar-refractivity contribution in [2.75, 3.05) is 5.73 Å². The van der Waals surface area contributed by atoms with E-state index in [0.717, 1.165) is 40.3 Å². The number of hydrogen-bond donors (Lipinski definition) is 1. The monoisotopic (exact) mass is 398 g/mol. The second-order valence-corrected chi connectivity index (χ2v) is 8.06. The van der Waals surface area contributed by atoms with E-state index in [9.17, 15) is 0 Å². The fourth-order valence-corrected chi connectivity index (χ4v) is 4.42. The normalized spacial score (nSPS) is 14.4. The minimum Gasteiger partial charge on any atom is -0.489 e. The zero-order valence-electron chi connectivity index (χ0n) is 17.0. The molecule has 2 aromatic heterocycles. The molecule has 0 spiro atoms. The number of ether oxygens (including phenoxy) is 1. The van der Waals surface area contributed by atoms with Gasteiger partial charge in [-0.05, 0) is 23.6 Å². The van der Waals surface area contributed by atoms with Crippen LogP contribution < -0.4 is 10.5 Å². The van der Waals surface area contributed by atoms with Crippen LogP contribution in [0.3, 0.4) is 0 Å². The molecule has 0 atom stereocenters. The first-order chi connectivity index (χ1) is 14.8. The average molecular weight is 399 g/mol. The molecule has 2 N–H and O–H groups in total. The molecular weight excluding hydrogens is 372 g/mol. The molecule has 1 saturated carbocycles. The molecule has 0 bridgehead atoms. The van der Waals surface area contributed by atoms with Gasteiger partial charge in [0.05, 0.1) is 0 Å². The van der Waals surface area contributed by atoms with Gasteiger partial charge < -0.3 is 10.5 Å². The van der Waals surface area contributed by atoms with E-state index in [1.165, 1.54) is 25.7 Å². The highest BCUT2D eigenvalue weighted by Crippen LogP contribution is 2.33. The maximum atomic E-state index is 6.29. The Morgan fingerprint density at radius 2 is 1.87 bits per heavy atom. The summed E-state index contributed by atoms with van der Waals surface area (Å²) in [5, 5.41) is 0. The van der Waals surface area contributed by atoms with Gasteiger partial charge in [-0.15, -0.1) is 0 Å². The van der Waals surface area contributed by atoms with Gasteiger partial charge in [-0.1, -0.05) is 68.1 Å². The number of aromatic nitrogens is 3. The number of nitrogens with two attached hydrogens (primary N) is 1. The molecule has 30 heavy (non-hydrogen) atoms. The molecule has 4 aromatic rings. The van der Waals surface area contributed by atoms with E-state index < -0.39 is 0 Å². The van der Waals surface area contributed by atoms with Crippen molar-refractivity contribution in [1.29, 1.82) is 0 Å². The summed E-state index contributed by atoms with van der Waals surface area (Å²) in [5.41, 5.74) is 10.2. The number of rotatable bonds is 6. The third kappa shape index (κ3) is 3.75. The quantitative estimate of drug-likeness (QED) is 0.479. The summed E-state index contributed by atoms with van der Waals surface area (Å²) in [6, 6.07) is 18.3. The molecule has 5 rings (SSSR count). The van der Waals surface area contributed by atoms with Crippen molar-refractivity contribution in [2.24, 2.45) is 5.92 Å². The van der Waals surface area contributed by atoms with Gasteiger partial charge in [0.25, 0.3) is 0 Å². The molecule has 1 fully saturated rings. The molecule has 1 aliphatic carbocycles. The second-order valence-electron chi connectivity index (χ2n) is 8.06. The molecule has 0 amide bonds. The van der Waals surface area contributed by atoms with Crippen LogP contribution in [0.2, 0.25) is 0 Å². The van der Waals surface area contributed by atoms with Gasteiger partial charge in [0.2, 0.25) is 0 Å². The topological polar surface area (TPSA) is 65.4 Å². The smallest absolute Gasteiger partial charge is 0.150 e. The fraction of sp³-hybridized carbons (Fsp3) is 0.280. The molecule has 1 aliphatic rings. The summed E-state index contributed by atoms with van der Waals surface area (Å²) in [6.07, 6.45) is 9.93. The molecule has 5 nitrogen and oxygen atoms in total. The molecule has 152 valence electrons.